The fourth-order valence-electron chi connectivity index (χ4n) is 0.797. The molecule has 0 unspecified atom stereocenters. The SMILES string of the molecule is CCN(C)[C@@H](C)C(C)C. The lowest BCUT2D eigenvalue weighted by Gasteiger charge is -2.26. The van der Waals surface area contributed by atoms with E-state index in [1.54, 1.807) is 0 Å². The van der Waals surface area contributed by atoms with Crippen LogP contribution >= 0.6 is 0 Å². The van der Waals surface area contributed by atoms with Crippen molar-refractivity contribution < 1.29 is 0 Å². The van der Waals surface area contributed by atoms with Gasteiger partial charge < -0.3 is 4.90 Å². The van der Waals surface area contributed by atoms with E-state index in [0.717, 1.165) is 18.5 Å². The second-order valence-corrected chi connectivity index (χ2v) is 3.06. The van der Waals surface area contributed by atoms with Crippen molar-refractivity contribution in [3.63, 3.8) is 0 Å². The first-order valence-electron chi connectivity index (χ1n) is 3.79. The topological polar surface area (TPSA) is 3.24 Å². The molecule has 0 heterocycles. The predicted molar refractivity (Wildman–Crippen MR) is 42.6 cm³/mol. The normalized spacial score (nSPS) is 15.0. The molecule has 0 rings (SSSR count). The van der Waals surface area contributed by atoms with Crippen LogP contribution in [0.15, 0.2) is 0 Å². The molecular weight excluding hydrogens is 110 g/mol. The van der Waals surface area contributed by atoms with Gasteiger partial charge in [0.15, 0.2) is 0 Å². The van der Waals surface area contributed by atoms with E-state index in [1.807, 2.05) is 0 Å². The summed E-state index contributed by atoms with van der Waals surface area (Å²) < 4.78 is 0. The zero-order valence-electron chi connectivity index (χ0n) is 7.31. The Morgan fingerprint density at radius 1 is 1.22 bits per heavy atom. The summed E-state index contributed by atoms with van der Waals surface area (Å²) in [5.41, 5.74) is 0. The van der Waals surface area contributed by atoms with E-state index < -0.39 is 0 Å². The lowest BCUT2D eigenvalue weighted by molar-refractivity contribution is 0.218. The van der Waals surface area contributed by atoms with Crippen molar-refractivity contribution in [2.75, 3.05) is 13.6 Å². The third kappa shape index (κ3) is 2.85. The van der Waals surface area contributed by atoms with Crippen LogP contribution in [0.3, 0.4) is 0 Å². The van der Waals surface area contributed by atoms with E-state index in [2.05, 4.69) is 39.6 Å². The van der Waals surface area contributed by atoms with E-state index >= 15 is 0 Å². The largest absolute Gasteiger partial charge is 0.304 e. The highest BCUT2D eigenvalue weighted by atomic mass is 15.1. The van der Waals surface area contributed by atoms with Crippen molar-refractivity contribution >= 4 is 0 Å². The zero-order chi connectivity index (χ0) is 7.44. The fraction of sp³-hybridized carbons (Fsp3) is 1.00. The number of nitrogens with zero attached hydrogens (tertiary/aromatic N) is 1. The molecule has 0 fully saturated rings. The first-order valence-corrected chi connectivity index (χ1v) is 3.79. The van der Waals surface area contributed by atoms with Crippen molar-refractivity contribution in [2.24, 2.45) is 5.92 Å². The van der Waals surface area contributed by atoms with Crippen LogP contribution in [-0.4, -0.2) is 24.5 Å². The van der Waals surface area contributed by atoms with Gasteiger partial charge in [0.25, 0.3) is 0 Å². The van der Waals surface area contributed by atoms with Gasteiger partial charge in [-0.15, -0.1) is 0 Å². The van der Waals surface area contributed by atoms with Gasteiger partial charge in [-0.25, -0.2) is 0 Å². The van der Waals surface area contributed by atoms with Gasteiger partial charge in [0.2, 0.25) is 0 Å². The minimum absolute atomic E-state index is 0.718. The molecule has 0 aromatic carbocycles. The first kappa shape index (κ1) is 8.96. The molecule has 0 aliphatic carbocycles. The maximum absolute atomic E-state index is 2.37. The molecule has 0 aromatic heterocycles. The van der Waals surface area contributed by atoms with Gasteiger partial charge >= 0.3 is 0 Å². The van der Waals surface area contributed by atoms with E-state index in [0.29, 0.717) is 0 Å². The molecule has 0 saturated carbocycles. The van der Waals surface area contributed by atoms with Gasteiger partial charge in [-0.1, -0.05) is 20.8 Å². The molecule has 0 aromatic rings. The smallest absolute Gasteiger partial charge is 0.00867 e. The second kappa shape index (κ2) is 3.89. The molecule has 56 valence electrons. The minimum Gasteiger partial charge on any atom is -0.304 e. The van der Waals surface area contributed by atoms with Crippen LogP contribution in [0, 0.1) is 5.92 Å². The molecular formula is C8H19N. The van der Waals surface area contributed by atoms with Gasteiger partial charge in [0.1, 0.15) is 0 Å². The number of rotatable bonds is 3. The quantitative estimate of drug-likeness (QED) is 0.563. The summed E-state index contributed by atoms with van der Waals surface area (Å²) in [5, 5.41) is 0. The predicted octanol–water partition coefficient (Wildman–Crippen LogP) is 1.98. The van der Waals surface area contributed by atoms with Gasteiger partial charge in [-0.05, 0) is 26.4 Å². The van der Waals surface area contributed by atoms with Gasteiger partial charge in [-0.3, -0.25) is 0 Å². The Morgan fingerprint density at radius 2 is 1.67 bits per heavy atom. The average Bonchev–Trinajstić information content (AvgIpc) is 1.84. The summed E-state index contributed by atoms with van der Waals surface area (Å²) in [6.45, 7) is 10.1. The molecule has 0 aliphatic heterocycles. The molecule has 0 aliphatic rings. The van der Waals surface area contributed by atoms with Crippen LogP contribution < -0.4 is 0 Å². The zero-order valence-corrected chi connectivity index (χ0v) is 7.31. The van der Waals surface area contributed by atoms with Crippen LogP contribution in [-0.2, 0) is 0 Å². The van der Waals surface area contributed by atoms with E-state index in [9.17, 15) is 0 Å². The maximum Gasteiger partial charge on any atom is 0.00867 e. The summed E-state index contributed by atoms with van der Waals surface area (Å²) in [6, 6.07) is 0.718. The van der Waals surface area contributed by atoms with E-state index in [1.165, 1.54) is 0 Å². The summed E-state index contributed by atoms with van der Waals surface area (Å²) in [6.07, 6.45) is 0. The molecule has 0 amide bonds. The molecule has 0 radical (unpaired) electrons. The lowest BCUT2D eigenvalue weighted by Crippen LogP contribution is -2.32. The standard InChI is InChI=1S/C8H19N/c1-6-9(5)8(4)7(2)3/h7-8H,6H2,1-5H3/t8-/m0/s1. The van der Waals surface area contributed by atoms with E-state index in [4.69, 9.17) is 0 Å². The molecule has 0 saturated heterocycles. The highest BCUT2D eigenvalue weighted by molar-refractivity contribution is 4.64. The second-order valence-electron chi connectivity index (χ2n) is 3.06. The molecule has 1 heteroatoms. The monoisotopic (exact) mass is 129 g/mol. The summed E-state index contributed by atoms with van der Waals surface area (Å²) >= 11 is 0. The van der Waals surface area contributed by atoms with Crippen LogP contribution in [0.4, 0.5) is 0 Å². The van der Waals surface area contributed by atoms with Crippen LogP contribution in [0.2, 0.25) is 0 Å². The molecule has 1 atom stereocenters. The maximum atomic E-state index is 2.37. The van der Waals surface area contributed by atoms with Gasteiger partial charge in [0.05, 0.1) is 0 Å². The third-order valence-electron chi connectivity index (χ3n) is 2.16. The number of hydrogen-bond donors (Lipinski definition) is 0. The highest BCUT2D eigenvalue weighted by Crippen LogP contribution is 2.06. The molecule has 9 heavy (non-hydrogen) atoms. The van der Waals surface area contributed by atoms with E-state index in [-0.39, 0.29) is 0 Å². The number of hydrogen-bond acceptors (Lipinski definition) is 1. The van der Waals surface area contributed by atoms with Crippen molar-refractivity contribution in [2.45, 2.75) is 33.7 Å². The molecule has 1 nitrogen and oxygen atoms in total. The van der Waals surface area contributed by atoms with Crippen molar-refractivity contribution in [1.29, 1.82) is 0 Å². The average molecular weight is 129 g/mol. The third-order valence-corrected chi connectivity index (χ3v) is 2.16. The van der Waals surface area contributed by atoms with Crippen LogP contribution in [0.1, 0.15) is 27.7 Å². The Hall–Kier alpha value is -0.0400. The molecule has 0 bridgehead atoms. The van der Waals surface area contributed by atoms with Crippen molar-refractivity contribution in [1.82, 2.24) is 4.90 Å². The Balaban J connectivity index is 3.58. The lowest BCUT2D eigenvalue weighted by atomic mass is 10.1. The Morgan fingerprint density at radius 3 is 1.78 bits per heavy atom. The fourth-order valence-corrected chi connectivity index (χ4v) is 0.797. The minimum atomic E-state index is 0.718. The van der Waals surface area contributed by atoms with Crippen molar-refractivity contribution in [3.8, 4) is 0 Å². The van der Waals surface area contributed by atoms with Gasteiger partial charge in [-0.2, -0.15) is 0 Å². The van der Waals surface area contributed by atoms with Crippen LogP contribution in [0.5, 0.6) is 0 Å². The van der Waals surface area contributed by atoms with Crippen LogP contribution in [0.25, 0.3) is 0 Å². The highest BCUT2D eigenvalue weighted by Gasteiger charge is 2.09. The summed E-state index contributed by atoms with van der Waals surface area (Å²) in [4.78, 5) is 2.37. The Kier molecular flexibility index (Phi) is 3.87. The van der Waals surface area contributed by atoms with Crippen molar-refractivity contribution in [3.05, 3.63) is 0 Å². The first-order chi connectivity index (χ1) is 4.09. The molecule has 0 N–H and O–H groups in total. The molecule has 0 spiro atoms. The summed E-state index contributed by atoms with van der Waals surface area (Å²) in [5.74, 6) is 0.773. The van der Waals surface area contributed by atoms with Gasteiger partial charge in [0, 0.05) is 6.04 Å². The summed E-state index contributed by atoms with van der Waals surface area (Å²) in [7, 11) is 2.17. The Labute approximate surface area is 59.1 Å². The Bertz CT molecular complexity index is 69.0.